The molecule has 1 aromatic carbocycles. The highest BCUT2D eigenvalue weighted by Gasteiger charge is 2.33. The van der Waals surface area contributed by atoms with Crippen LogP contribution in [0.4, 0.5) is 0 Å². The zero-order valence-electron chi connectivity index (χ0n) is 10.6. The molecule has 1 fully saturated rings. The van der Waals surface area contributed by atoms with E-state index in [2.05, 4.69) is 11.4 Å². The van der Waals surface area contributed by atoms with Crippen molar-refractivity contribution in [2.45, 2.75) is 19.9 Å². The minimum Gasteiger partial charge on any atom is -0.379 e. The smallest absolute Gasteiger partial charge is 0.169 e. The third kappa shape index (κ3) is 2.56. The fourth-order valence-corrected chi connectivity index (χ4v) is 2.43. The maximum absolute atomic E-state index is 12.4. The molecular formula is C14H19NO2. The van der Waals surface area contributed by atoms with Crippen molar-refractivity contribution < 1.29 is 9.53 Å². The molecule has 1 aliphatic heterocycles. The summed E-state index contributed by atoms with van der Waals surface area (Å²) in [6, 6.07) is 6.14. The fourth-order valence-electron chi connectivity index (χ4n) is 2.43. The van der Waals surface area contributed by atoms with Crippen LogP contribution in [0.2, 0.25) is 0 Å². The second-order valence-electron chi connectivity index (χ2n) is 4.78. The molecule has 1 aliphatic rings. The Hall–Kier alpha value is -1.19. The molecule has 1 saturated heterocycles. The average Bonchev–Trinajstić information content (AvgIpc) is 2.74. The highest BCUT2D eigenvalue weighted by molar-refractivity contribution is 5.98. The van der Waals surface area contributed by atoms with Gasteiger partial charge in [0.25, 0.3) is 0 Å². The Morgan fingerprint density at radius 3 is 2.47 bits per heavy atom. The zero-order chi connectivity index (χ0) is 12.4. The molecule has 0 aromatic heterocycles. The van der Waals surface area contributed by atoms with Gasteiger partial charge in [-0.3, -0.25) is 4.79 Å². The van der Waals surface area contributed by atoms with E-state index in [1.165, 1.54) is 0 Å². The van der Waals surface area contributed by atoms with Crippen LogP contribution in [0.25, 0.3) is 0 Å². The number of rotatable bonds is 3. The van der Waals surface area contributed by atoms with Crippen molar-refractivity contribution in [3.63, 3.8) is 0 Å². The first kappa shape index (κ1) is 12.3. The second-order valence-corrected chi connectivity index (χ2v) is 4.78. The highest BCUT2D eigenvalue weighted by Crippen LogP contribution is 2.20. The Labute approximate surface area is 102 Å². The maximum Gasteiger partial charge on any atom is 0.169 e. The number of ether oxygens (including phenoxy) is 1. The summed E-state index contributed by atoms with van der Waals surface area (Å²) in [5.41, 5.74) is 3.07. The number of Topliss-reactive ketones (excluding diaryl/α,β-unsaturated/α-hetero) is 1. The molecule has 0 spiro atoms. The maximum atomic E-state index is 12.4. The van der Waals surface area contributed by atoms with Gasteiger partial charge in [-0.2, -0.15) is 0 Å². The molecule has 1 N–H and O–H groups in total. The molecule has 17 heavy (non-hydrogen) atoms. The van der Waals surface area contributed by atoms with Crippen molar-refractivity contribution in [3.8, 4) is 0 Å². The highest BCUT2D eigenvalue weighted by atomic mass is 16.5. The third-order valence-electron chi connectivity index (χ3n) is 3.29. The first-order chi connectivity index (χ1) is 8.11. The van der Waals surface area contributed by atoms with E-state index in [1.807, 2.05) is 33.0 Å². The minimum atomic E-state index is -0.0544. The summed E-state index contributed by atoms with van der Waals surface area (Å²) in [7, 11) is 1.88. The van der Waals surface area contributed by atoms with Crippen molar-refractivity contribution in [2.24, 2.45) is 5.92 Å². The number of carbonyl (C=O) groups is 1. The molecule has 92 valence electrons. The SMILES string of the molecule is CNC1COCC1C(=O)c1cc(C)cc(C)c1. The van der Waals surface area contributed by atoms with Crippen molar-refractivity contribution in [1.29, 1.82) is 0 Å². The first-order valence-corrected chi connectivity index (χ1v) is 5.99. The molecular weight excluding hydrogens is 214 g/mol. The van der Waals surface area contributed by atoms with Gasteiger partial charge in [0.1, 0.15) is 0 Å². The molecule has 1 heterocycles. The standard InChI is InChI=1S/C14H19NO2/c1-9-4-10(2)6-11(5-9)14(16)12-7-17-8-13(12)15-3/h4-6,12-13,15H,7-8H2,1-3H3. The summed E-state index contributed by atoms with van der Waals surface area (Å²) >= 11 is 0. The topological polar surface area (TPSA) is 38.3 Å². The molecule has 2 atom stereocenters. The van der Waals surface area contributed by atoms with E-state index in [4.69, 9.17) is 4.74 Å². The average molecular weight is 233 g/mol. The summed E-state index contributed by atoms with van der Waals surface area (Å²) in [6.07, 6.45) is 0. The lowest BCUT2D eigenvalue weighted by Crippen LogP contribution is -2.37. The molecule has 0 aliphatic carbocycles. The molecule has 0 bridgehead atoms. The minimum absolute atomic E-state index is 0.0544. The Balaban J connectivity index is 2.24. The predicted octanol–water partition coefficient (Wildman–Crippen LogP) is 1.72. The molecule has 1 aromatic rings. The quantitative estimate of drug-likeness (QED) is 0.808. The van der Waals surface area contributed by atoms with E-state index in [9.17, 15) is 4.79 Å². The lowest BCUT2D eigenvalue weighted by Gasteiger charge is -2.16. The fraction of sp³-hybridized carbons (Fsp3) is 0.500. The molecule has 0 saturated carbocycles. The summed E-state index contributed by atoms with van der Waals surface area (Å²) in [4.78, 5) is 12.4. The van der Waals surface area contributed by atoms with E-state index in [0.717, 1.165) is 16.7 Å². The lowest BCUT2D eigenvalue weighted by atomic mass is 9.92. The van der Waals surface area contributed by atoms with E-state index < -0.39 is 0 Å². The summed E-state index contributed by atoms with van der Waals surface area (Å²) in [5.74, 6) is 0.134. The zero-order valence-corrected chi connectivity index (χ0v) is 10.6. The van der Waals surface area contributed by atoms with Gasteiger partial charge in [0.2, 0.25) is 0 Å². The Bertz CT molecular complexity index is 408. The van der Waals surface area contributed by atoms with E-state index in [1.54, 1.807) is 0 Å². The Morgan fingerprint density at radius 2 is 1.88 bits per heavy atom. The van der Waals surface area contributed by atoms with Gasteiger partial charge in [-0.1, -0.05) is 17.2 Å². The summed E-state index contributed by atoms with van der Waals surface area (Å²) in [5, 5.41) is 3.15. The normalized spacial score (nSPS) is 23.9. The van der Waals surface area contributed by atoms with Crippen molar-refractivity contribution in [3.05, 3.63) is 34.9 Å². The van der Waals surface area contributed by atoms with Crippen LogP contribution >= 0.6 is 0 Å². The summed E-state index contributed by atoms with van der Waals surface area (Å²) < 4.78 is 5.38. The van der Waals surface area contributed by atoms with Crippen LogP contribution in [0.5, 0.6) is 0 Å². The number of benzene rings is 1. The Morgan fingerprint density at radius 1 is 1.24 bits per heavy atom. The molecule has 0 amide bonds. The van der Waals surface area contributed by atoms with E-state index >= 15 is 0 Å². The number of ketones is 1. The second kappa shape index (κ2) is 4.98. The van der Waals surface area contributed by atoms with Crippen molar-refractivity contribution in [2.75, 3.05) is 20.3 Å². The van der Waals surface area contributed by atoms with Crippen molar-refractivity contribution >= 4 is 5.78 Å². The van der Waals surface area contributed by atoms with Gasteiger partial charge >= 0.3 is 0 Å². The van der Waals surface area contributed by atoms with Gasteiger partial charge in [-0.25, -0.2) is 0 Å². The van der Waals surface area contributed by atoms with Crippen LogP contribution in [0.1, 0.15) is 21.5 Å². The van der Waals surface area contributed by atoms with E-state index in [-0.39, 0.29) is 17.7 Å². The van der Waals surface area contributed by atoms with Gasteiger partial charge < -0.3 is 10.1 Å². The van der Waals surface area contributed by atoms with Crippen LogP contribution in [-0.4, -0.2) is 32.1 Å². The molecule has 2 unspecified atom stereocenters. The van der Waals surface area contributed by atoms with Gasteiger partial charge in [-0.15, -0.1) is 0 Å². The molecule has 0 radical (unpaired) electrons. The molecule has 2 rings (SSSR count). The van der Waals surface area contributed by atoms with Gasteiger partial charge in [0.05, 0.1) is 19.1 Å². The molecule has 3 nitrogen and oxygen atoms in total. The van der Waals surface area contributed by atoms with Crippen LogP contribution in [0, 0.1) is 19.8 Å². The van der Waals surface area contributed by atoms with Gasteiger partial charge in [0, 0.05) is 11.6 Å². The third-order valence-corrected chi connectivity index (χ3v) is 3.29. The number of carbonyl (C=O) groups excluding carboxylic acids is 1. The largest absolute Gasteiger partial charge is 0.379 e. The number of nitrogens with one attached hydrogen (secondary N) is 1. The van der Waals surface area contributed by atoms with Crippen LogP contribution in [-0.2, 0) is 4.74 Å². The van der Waals surface area contributed by atoms with Gasteiger partial charge in [0.15, 0.2) is 5.78 Å². The van der Waals surface area contributed by atoms with Crippen LogP contribution < -0.4 is 5.32 Å². The summed E-state index contributed by atoms with van der Waals surface area (Å²) in [6.45, 7) is 5.18. The predicted molar refractivity (Wildman–Crippen MR) is 67.4 cm³/mol. The van der Waals surface area contributed by atoms with Crippen LogP contribution in [0.3, 0.4) is 0 Å². The number of aryl methyl sites for hydroxylation is 2. The van der Waals surface area contributed by atoms with Crippen LogP contribution in [0.15, 0.2) is 18.2 Å². The Kier molecular flexibility index (Phi) is 3.60. The monoisotopic (exact) mass is 233 g/mol. The lowest BCUT2D eigenvalue weighted by molar-refractivity contribution is 0.0892. The van der Waals surface area contributed by atoms with Gasteiger partial charge in [-0.05, 0) is 33.0 Å². The number of likely N-dealkylation sites (N-methyl/N-ethyl adjacent to an activating group) is 1. The first-order valence-electron chi connectivity index (χ1n) is 5.99. The number of hydrogen-bond acceptors (Lipinski definition) is 3. The molecule has 3 heteroatoms. The van der Waals surface area contributed by atoms with E-state index in [0.29, 0.717) is 13.2 Å². The van der Waals surface area contributed by atoms with Crippen molar-refractivity contribution in [1.82, 2.24) is 5.32 Å². The number of hydrogen-bond donors (Lipinski definition) is 1.